The van der Waals surface area contributed by atoms with Gasteiger partial charge < -0.3 is 15.0 Å². The predicted molar refractivity (Wildman–Crippen MR) is 68.1 cm³/mol. The number of nitrogens with zero attached hydrogens (tertiary/aromatic N) is 1. The maximum Gasteiger partial charge on any atom is 0.268 e. The molecule has 0 fully saturated rings. The minimum atomic E-state index is -0.391. The van der Waals surface area contributed by atoms with E-state index in [2.05, 4.69) is 5.32 Å². The lowest BCUT2D eigenvalue weighted by atomic mass is 10.0. The number of hydrogen-bond acceptors (Lipinski definition) is 2. The lowest BCUT2D eigenvalue weighted by molar-refractivity contribution is 0.0888. The third kappa shape index (κ3) is 3.60. The zero-order valence-electron chi connectivity index (χ0n) is 11.0. The van der Waals surface area contributed by atoms with Gasteiger partial charge in [-0.05, 0) is 46.2 Å². The second kappa shape index (κ2) is 5.36. The van der Waals surface area contributed by atoms with Crippen LogP contribution >= 0.6 is 0 Å². The molecular weight excluding hydrogens is 216 g/mol. The fourth-order valence-electron chi connectivity index (χ4n) is 1.75. The Morgan fingerprint density at radius 3 is 2.71 bits per heavy atom. The van der Waals surface area contributed by atoms with E-state index in [-0.39, 0.29) is 18.6 Å². The first-order chi connectivity index (χ1) is 7.87. The third-order valence-corrected chi connectivity index (χ3v) is 2.76. The van der Waals surface area contributed by atoms with E-state index in [1.165, 1.54) is 0 Å². The van der Waals surface area contributed by atoms with Gasteiger partial charge >= 0.3 is 0 Å². The molecule has 1 aromatic rings. The molecule has 1 amide bonds. The molecule has 0 spiro atoms. The number of carbonyl (C=O) groups is 1. The molecule has 0 bridgehead atoms. The Morgan fingerprint density at radius 1 is 1.53 bits per heavy atom. The Morgan fingerprint density at radius 2 is 2.18 bits per heavy atom. The molecule has 0 atom stereocenters. The number of aromatic nitrogens is 1. The van der Waals surface area contributed by atoms with E-state index in [4.69, 9.17) is 5.11 Å². The van der Waals surface area contributed by atoms with Crippen LogP contribution in [0.15, 0.2) is 18.3 Å². The molecule has 17 heavy (non-hydrogen) atoms. The first kappa shape index (κ1) is 13.8. The molecule has 0 saturated heterocycles. The SMILES string of the molecule is CC(C)n1cccc1C(=O)NC(C)(C)CCO. The van der Waals surface area contributed by atoms with Crippen molar-refractivity contribution in [2.24, 2.45) is 0 Å². The van der Waals surface area contributed by atoms with Crippen LogP contribution in [0.1, 0.15) is 50.6 Å². The molecule has 0 aromatic carbocycles. The minimum Gasteiger partial charge on any atom is -0.396 e. The van der Waals surface area contributed by atoms with E-state index in [0.717, 1.165) is 0 Å². The summed E-state index contributed by atoms with van der Waals surface area (Å²) >= 11 is 0. The van der Waals surface area contributed by atoms with Crippen molar-refractivity contribution in [3.8, 4) is 0 Å². The number of aliphatic hydroxyl groups is 1. The zero-order valence-corrected chi connectivity index (χ0v) is 11.0. The molecule has 0 saturated carbocycles. The Hall–Kier alpha value is -1.29. The van der Waals surface area contributed by atoms with Crippen molar-refractivity contribution in [1.29, 1.82) is 0 Å². The second-order valence-electron chi connectivity index (χ2n) is 5.21. The molecule has 96 valence electrons. The van der Waals surface area contributed by atoms with Crippen molar-refractivity contribution < 1.29 is 9.90 Å². The first-order valence-corrected chi connectivity index (χ1v) is 5.97. The van der Waals surface area contributed by atoms with Crippen molar-refractivity contribution in [3.63, 3.8) is 0 Å². The van der Waals surface area contributed by atoms with Gasteiger partial charge in [0.25, 0.3) is 5.91 Å². The largest absolute Gasteiger partial charge is 0.396 e. The quantitative estimate of drug-likeness (QED) is 0.824. The number of amides is 1. The number of hydrogen-bond donors (Lipinski definition) is 2. The van der Waals surface area contributed by atoms with Gasteiger partial charge in [-0.2, -0.15) is 0 Å². The summed E-state index contributed by atoms with van der Waals surface area (Å²) in [6.45, 7) is 7.96. The third-order valence-electron chi connectivity index (χ3n) is 2.76. The first-order valence-electron chi connectivity index (χ1n) is 5.97. The molecular formula is C13H22N2O2. The summed E-state index contributed by atoms with van der Waals surface area (Å²) in [7, 11) is 0. The highest BCUT2D eigenvalue weighted by atomic mass is 16.3. The van der Waals surface area contributed by atoms with E-state index in [9.17, 15) is 4.79 Å². The Balaban J connectivity index is 2.80. The van der Waals surface area contributed by atoms with E-state index >= 15 is 0 Å². The molecule has 0 radical (unpaired) electrons. The highest BCUT2D eigenvalue weighted by Crippen LogP contribution is 2.13. The Labute approximate surface area is 103 Å². The number of rotatable bonds is 5. The van der Waals surface area contributed by atoms with Crippen LogP contribution in [0.4, 0.5) is 0 Å². The summed E-state index contributed by atoms with van der Waals surface area (Å²) in [5, 5.41) is 11.9. The van der Waals surface area contributed by atoms with Crippen LogP contribution in [-0.2, 0) is 0 Å². The summed E-state index contributed by atoms with van der Waals surface area (Å²) in [5.41, 5.74) is 0.267. The van der Waals surface area contributed by atoms with Gasteiger partial charge in [0, 0.05) is 24.4 Å². The fraction of sp³-hybridized carbons (Fsp3) is 0.615. The number of aliphatic hydroxyl groups excluding tert-OH is 1. The highest BCUT2D eigenvalue weighted by Gasteiger charge is 2.22. The number of carbonyl (C=O) groups excluding carboxylic acids is 1. The van der Waals surface area contributed by atoms with Crippen molar-refractivity contribution in [1.82, 2.24) is 9.88 Å². The van der Waals surface area contributed by atoms with Gasteiger partial charge in [0.2, 0.25) is 0 Å². The topological polar surface area (TPSA) is 54.3 Å². The van der Waals surface area contributed by atoms with Crippen molar-refractivity contribution in [2.75, 3.05) is 6.61 Å². The molecule has 0 aliphatic rings. The van der Waals surface area contributed by atoms with Gasteiger partial charge in [-0.15, -0.1) is 0 Å². The molecule has 1 heterocycles. The normalized spacial score (nSPS) is 11.9. The Bertz CT molecular complexity index is 381. The van der Waals surface area contributed by atoms with E-state index in [1.54, 1.807) is 0 Å². The fourth-order valence-corrected chi connectivity index (χ4v) is 1.75. The van der Waals surface area contributed by atoms with Crippen LogP contribution in [0.5, 0.6) is 0 Å². The minimum absolute atomic E-state index is 0.0679. The maximum absolute atomic E-state index is 12.1. The molecule has 1 aromatic heterocycles. The van der Waals surface area contributed by atoms with Gasteiger partial charge in [-0.25, -0.2) is 0 Å². The molecule has 0 unspecified atom stereocenters. The lowest BCUT2D eigenvalue weighted by Crippen LogP contribution is -2.44. The summed E-state index contributed by atoms with van der Waals surface area (Å²) in [5.74, 6) is -0.0952. The van der Waals surface area contributed by atoms with Gasteiger partial charge in [0.15, 0.2) is 0 Å². The van der Waals surface area contributed by atoms with E-state index in [1.807, 2.05) is 50.6 Å². The van der Waals surface area contributed by atoms with Gasteiger partial charge in [0.1, 0.15) is 5.69 Å². The molecule has 0 aliphatic carbocycles. The van der Waals surface area contributed by atoms with Crippen molar-refractivity contribution >= 4 is 5.91 Å². The van der Waals surface area contributed by atoms with Crippen LogP contribution in [-0.4, -0.2) is 27.7 Å². The highest BCUT2D eigenvalue weighted by molar-refractivity contribution is 5.93. The number of nitrogens with one attached hydrogen (secondary N) is 1. The summed E-state index contributed by atoms with van der Waals surface area (Å²) in [4.78, 5) is 12.1. The standard InChI is InChI=1S/C13H22N2O2/c1-10(2)15-8-5-6-11(15)12(17)14-13(3,4)7-9-16/h5-6,8,10,16H,7,9H2,1-4H3,(H,14,17). The molecule has 4 heteroatoms. The van der Waals surface area contributed by atoms with Crippen LogP contribution < -0.4 is 5.32 Å². The van der Waals surface area contributed by atoms with Crippen LogP contribution in [0.3, 0.4) is 0 Å². The van der Waals surface area contributed by atoms with Crippen LogP contribution in [0.2, 0.25) is 0 Å². The van der Waals surface area contributed by atoms with E-state index in [0.29, 0.717) is 12.1 Å². The molecule has 1 rings (SSSR count). The van der Waals surface area contributed by atoms with Crippen molar-refractivity contribution in [2.45, 2.75) is 45.7 Å². The average molecular weight is 238 g/mol. The average Bonchev–Trinajstić information content (AvgIpc) is 2.64. The zero-order chi connectivity index (χ0) is 13.1. The van der Waals surface area contributed by atoms with Gasteiger partial charge in [0.05, 0.1) is 0 Å². The van der Waals surface area contributed by atoms with E-state index < -0.39 is 5.54 Å². The van der Waals surface area contributed by atoms with Crippen molar-refractivity contribution in [3.05, 3.63) is 24.0 Å². The lowest BCUT2D eigenvalue weighted by Gasteiger charge is -2.26. The predicted octanol–water partition coefficient (Wildman–Crippen LogP) is 1.96. The maximum atomic E-state index is 12.1. The smallest absolute Gasteiger partial charge is 0.268 e. The summed E-state index contributed by atoms with van der Waals surface area (Å²) in [6, 6.07) is 3.94. The van der Waals surface area contributed by atoms with Gasteiger partial charge in [-0.3, -0.25) is 4.79 Å². The van der Waals surface area contributed by atoms with Crippen LogP contribution in [0.25, 0.3) is 0 Å². The monoisotopic (exact) mass is 238 g/mol. The molecule has 2 N–H and O–H groups in total. The molecule has 4 nitrogen and oxygen atoms in total. The summed E-state index contributed by atoms with van der Waals surface area (Å²) in [6.07, 6.45) is 2.44. The van der Waals surface area contributed by atoms with Crippen LogP contribution in [0, 0.1) is 0 Å². The Kier molecular flexibility index (Phi) is 4.34. The van der Waals surface area contributed by atoms with Gasteiger partial charge in [-0.1, -0.05) is 0 Å². The second-order valence-corrected chi connectivity index (χ2v) is 5.21. The summed E-state index contributed by atoms with van der Waals surface area (Å²) < 4.78 is 1.93. The molecule has 0 aliphatic heterocycles.